The molecule has 3 aromatic rings. The van der Waals surface area contributed by atoms with Crippen LogP contribution in [-0.2, 0) is 22.4 Å². The summed E-state index contributed by atoms with van der Waals surface area (Å²) in [6, 6.07) is 17.0. The highest BCUT2D eigenvalue weighted by atomic mass is 19.1. The van der Waals surface area contributed by atoms with Gasteiger partial charge in [0.2, 0.25) is 0 Å². The molecule has 6 nitrogen and oxygen atoms in total. The van der Waals surface area contributed by atoms with E-state index in [1.807, 2.05) is 12.1 Å². The predicted molar refractivity (Wildman–Crippen MR) is 124 cm³/mol. The minimum absolute atomic E-state index is 0.144. The third kappa shape index (κ3) is 5.25. The van der Waals surface area contributed by atoms with Crippen LogP contribution in [0.4, 0.5) is 4.39 Å². The molecule has 0 spiro atoms. The van der Waals surface area contributed by atoms with E-state index in [0.717, 1.165) is 6.42 Å². The highest BCUT2D eigenvalue weighted by Gasteiger charge is 2.38. The second kappa shape index (κ2) is 10.2. The zero-order valence-corrected chi connectivity index (χ0v) is 18.5. The second-order valence-corrected chi connectivity index (χ2v) is 8.80. The standard InChI is InChI=1S/C24H27FN2.C2H2O4/c25-18-13-11-17(12-14-18)6-3-4-15-27-19-7-5-10-23(27)24-20-8-1-2-9-21(20)26-22(24)16-19;3-1(4)2(5)6/h1-2,8-9,11-14,19,23,26H,3-7,10,15-16H2;(H,3,4)(H,5,6). The quantitative estimate of drug-likeness (QED) is 0.377. The Hall–Kier alpha value is -3.19. The number of carboxylic acids is 2. The highest BCUT2D eigenvalue weighted by molar-refractivity contribution is 6.27. The topological polar surface area (TPSA) is 93.6 Å². The number of aryl methyl sites for hydroxylation is 1. The molecule has 2 atom stereocenters. The fourth-order valence-corrected chi connectivity index (χ4v) is 5.27. The Balaban J connectivity index is 0.000000385. The molecule has 7 heteroatoms. The molecule has 0 amide bonds. The third-order valence-electron chi connectivity index (χ3n) is 6.71. The summed E-state index contributed by atoms with van der Waals surface area (Å²) in [4.78, 5) is 24.7. The van der Waals surface area contributed by atoms with Crippen LogP contribution in [0, 0.1) is 5.82 Å². The van der Waals surface area contributed by atoms with Crippen molar-refractivity contribution >= 4 is 22.8 Å². The van der Waals surface area contributed by atoms with Crippen LogP contribution in [0.15, 0.2) is 48.5 Å². The molecule has 2 bridgehead atoms. The van der Waals surface area contributed by atoms with Gasteiger partial charge in [-0.3, -0.25) is 4.90 Å². The van der Waals surface area contributed by atoms with Gasteiger partial charge in [-0.2, -0.15) is 0 Å². The number of nitrogens with one attached hydrogen (secondary N) is 1. The maximum absolute atomic E-state index is 13.0. The first-order valence-corrected chi connectivity index (χ1v) is 11.5. The summed E-state index contributed by atoms with van der Waals surface area (Å²) in [5, 5.41) is 16.2. The van der Waals surface area contributed by atoms with E-state index in [4.69, 9.17) is 19.8 Å². The average Bonchev–Trinajstić information content (AvgIpc) is 3.16. The van der Waals surface area contributed by atoms with Crippen molar-refractivity contribution in [3.63, 3.8) is 0 Å². The maximum Gasteiger partial charge on any atom is 0.414 e. The van der Waals surface area contributed by atoms with Crippen molar-refractivity contribution in [2.45, 2.75) is 57.0 Å². The summed E-state index contributed by atoms with van der Waals surface area (Å²) < 4.78 is 13.0. The molecule has 3 N–H and O–H groups in total. The Kier molecular flexibility index (Phi) is 7.08. The van der Waals surface area contributed by atoms with E-state index < -0.39 is 11.9 Å². The molecule has 2 aliphatic rings. The van der Waals surface area contributed by atoms with Crippen molar-refractivity contribution in [2.24, 2.45) is 0 Å². The van der Waals surface area contributed by atoms with Gasteiger partial charge in [0, 0.05) is 35.1 Å². The minimum atomic E-state index is -1.82. The molecule has 1 aromatic heterocycles. The van der Waals surface area contributed by atoms with Crippen LogP contribution in [-0.4, -0.2) is 44.6 Å². The number of halogens is 1. The summed E-state index contributed by atoms with van der Waals surface area (Å²) in [6.07, 6.45) is 8.54. The molecule has 0 aliphatic carbocycles. The van der Waals surface area contributed by atoms with Crippen LogP contribution in [0.25, 0.3) is 10.9 Å². The van der Waals surface area contributed by atoms with Crippen LogP contribution in [0.1, 0.15) is 55.0 Å². The Morgan fingerprint density at radius 2 is 1.73 bits per heavy atom. The normalized spacial score (nSPS) is 19.4. The van der Waals surface area contributed by atoms with Gasteiger partial charge in [-0.05, 0) is 74.4 Å². The van der Waals surface area contributed by atoms with Crippen molar-refractivity contribution in [1.82, 2.24) is 9.88 Å². The number of benzene rings is 2. The van der Waals surface area contributed by atoms with Gasteiger partial charge >= 0.3 is 11.9 Å². The van der Waals surface area contributed by atoms with Crippen molar-refractivity contribution in [3.8, 4) is 0 Å². The molecule has 33 heavy (non-hydrogen) atoms. The smallest absolute Gasteiger partial charge is 0.414 e. The van der Waals surface area contributed by atoms with Crippen LogP contribution in [0.3, 0.4) is 0 Å². The van der Waals surface area contributed by atoms with E-state index in [1.54, 1.807) is 17.7 Å². The number of H-pyrrole nitrogens is 1. The number of unbranched alkanes of at least 4 members (excludes halogenated alkanes) is 1. The molecule has 0 saturated carbocycles. The fraction of sp³-hybridized carbons (Fsp3) is 0.385. The van der Waals surface area contributed by atoms with Crippen LogP contribution in [0.5, 0.6) is 0 Å². The van der Waals surface area contributed by atoms with Gasteiger partial charge in [0.25, 0.3) is 0 Å². The molecule has 174 valence electrons. The molecule has 2 unspecified atom stereocenters. The first-order chi connectivity index (χ1) is 15.9. The fourth-order valence-electron chi connectivity index (χ4n) is 5.27. The molecule has 3 heterocycles. The van der Waals surface area contributed by atoms with Gasteiger partial charge in [-0.15, -0.1) is 0 Å². The molecule has 1 fully saturated rings. The van der Waals surface area contributed by atoms with E-state index in [-0.39, 0.29) is 5.82 Å². The van der Waals surface area contributed by atoms with Gasteiger partial charge < -0.3 is 15.2 Å². The number of piperidine rings is 1. The second-order valence-electron chi connectivity index (χ2n) is 8.80. The molecule has 2 aromatic carbocycles. The zero-order valence-electron chi connectivity index (χ0n) is 18.5. The number of carboxylic acid groups (broad SMARTS) is 2. The Bertz CT molecular complexity index is 1110. The first-order valence-electron chi connectivity index (χ1n) is 11.5. The van der Waals surface area contributed by atoms with Gasteiger partial charge in [-0.25, -0.2) is 14.0 Å². The van der Waals surface area contributed by atoms with Crippen LogP contribution in [0.2, 0.25) is 0 Å². The SMILES string of the molecule is Fc1ccc(CCCCN2C3CCCC2c2c([nH]c4ccccc24)C3)cc1.O=C(O)C(=O)O. The number of hydrogen-bond donors (Lipinski definition) is 3. The number of nitrogens with zero attached hydrogens (tertiary/aromatic N) is 1. The third-order valence-corrected chi connectivity index (χ3v) is 6.71. The van der Waals surface area contributed by atoms with Gasteiger partial charge in [0.1, 0.15) is 5.82 Å². The van der Waals surface area contributed by atoms with Crippen molar-refractivity contribution < 1.29 is 24.2 Å². The summed E-state index contributed by atoms with van der Waals surface area (Å²) >= 11 is 0. The number of aromatic nitrogens is 1. The lowest BCUT2D eigenvalue weighted by molar-refractivity contribution is -0.159. The highest BCUT2D eigenvalue weighted by Crippen LogP contribution is 2.44. The average molecular weight is 453 g/mol. The van der Waals surface area contributed by atoms with Gasteiger partial charge in [0.05, 0.1) is 0 Å². The van der Waals surface area contributed by atoms with E-state index >= 15 is 0 Å². The summed E-state index contributed by atoms with van der Waals surface area (Å²) in [6.45, 7) is 1.18. The number of rotatable bonds is 5. The number of aliphatic carboxylic acids is 2. The number of fused-ring (bicyclic) bond motifs is 6. The molecule has 1 saturated heterocycles. The lowest BCUT2D eigenvalue weighted by Crippen LogP contribution is -2.46. The molecule has 5 rings (SSSR count). The molecular weight excluding hydrogens is 423 g/mol. The molecule has 2 aliphatic heterocycles. The Labute approximate surface area is 192 Å². The summed E-state index contributed by atoms with van der Waals surface area (Å²) in [5.74, 6) is -3.79. The lowest BCUT2D eigenvalue weighted by Gasteiger charge is -2.46. The zero-order chi connectivity index (χ0) is 23.4. The van der Waals surface area contributed by atoms with Gasteiger partial charge in [-0.1, -0.05) is 30.3 Å². The largest absolute Gasteiger partial charge is 0.473 e. The van der Waals surface area contributed by atoms with Gasteiger partial charge in [0.15, 0.2) is 0 Å². The number of para-hydroxylation sites is 1. The minimum Gasteiger partial charge on any atom is -0.473 e. The van der Waals surface area contributed by atoms with Crippen LogP contribution < -0.4 is 0 Å². The van der Waals surface area contributed by atoms with Crippen LogP contribution >= 0.6 is 0 Å². The molecule has 0 radical (unpaired) electrons. The lowest BCUT2D eigenvalue weighted by atomic mass is 9.82. The van der Waals surface area contributed by atoms with E-state index in [9.17, 15) is 4.39 Å². The van der Waals surface area contributed by atoms with Crippen molar-refractivity contribution in [2.75, 3.05) is 6.54 Å². The summed E-state index contributed by atoms with van der Waals surface area (Å²) in [5.41, 5.74) is 5.59. The van der Waals surface area contributed by atoms with Crippen molar-refractivity contribution in [3.05, 3.63) is 71.2 Å². The molecular formula is C26H29FN2O4. The number of carbonyl (C=O) groups is 2. The number of hydrogen-bond acceptors (Lipinski definition) is 3. The van der Waals surface area contributed by atoms with E-state index in [1.165, 1.54) is 67.2 Å². The Morgan fingerprint density at radius 3 is 2.45 bits per heavy atom. The van der Waals surface area contributed by atoms with E-state index in [2.05, 4.69) is 34.1 Å². The summed E-state index contributed by atoms with van der Waals surface area (Å²) in [7, 11) is 0. The first kappa shape index (κ1) is 23.0. The van der Waals surface area contributed by atoms with E-state index in [0.29, 0.717) is 12.1 Å². The van der Waals surface area contributed by atoms with Crippen molar-refractivity contribution in [1.29, 1.82) is 0 Å². The Morgan fingerprint density at radius 1 is 1.00 bits per heavy atom. The maximum atomic E-state index is 13.0. The number of aromatic amines is 1. The predicted octanol–water partition coefficient (Wildman–Crippen LogP) is 4.94. The monoisotopic (exact) mass is 452 g/mol.